The van der Waals surface area contributed by atoms with Gasteiger partial charge in [0.25, 0.3) is 0 Å². The minimum absolute atomic E-state index is 0.613. The zero-order valence-corrected chi connectivity index (χ0v) is 20.3. The van der Waals surface area contributed by atoms with Gasteiger partial charge in [0.1, 0.15) is 5.52 Å². The van der Waals surface area contributed by atoms with Crippen LogP contribution in [0.3, 0.4) is 0 Å². The summed E-state index contributed by atoms with van der Waals surface area (Å²) in [6.45, 7) is 7.91. The molecule has 7 rings (SSSR count). The summed E-state index contributed by atoms with van der Waals surface area (Å²) in [5, 5.41) is 9.16. The lowest BCUT2D eigenvalue weighted by molar-refractivity contribution is 0.122. The standard InChI is InChI=1S/C26H28N8O2/c1-32-6-8-33(9-7-32)16-19-4-5-20-22-23(36-26(20)28-19)25(34-10-12-35-13-11-34)30-24(29-22)17-2-3-18-15-27-31-21(18)14-17/h2-5,14-15H,6-13,16H2,1H3,(H,27,31). The first-order chi connectivity index (χ1) is 17.7. The minimum atomic E-state index is 0.613. The number of piperazine rings is 1. The third kappa shape index (κ3) is 3.87. The summed E-state index contributed by atoms with van der Waals surface area (Å²) in [6, 6.07) is 10.3. The maximum Gasteiger partial charge on any atom is 0.229 e. The predicted octanol–water partition coefficient (Wildman–Crippen LogP) is 2.90. The Labute approximate surface area is 207 Å². The van der Waals surface area contributed by atoms with Crippen LogP contribution in [-0.4, -0.2) is 94.5 Å². The Kier molecular flexibility index (Phi) is 5.30. The highest BCUT2D eigenvalue weighted by molar-refractivity contribution is 6.05. The molecule has 10 nitrogen and oxygen atoms in total. The number of benzene rings is 1. The number of pyridine rings is 1. The SMILES string of the molecule is CN1CCN(Cc2ccc3c(n2)oc2c(N4CCOCC4)nc(-c4ccc5cn[nH]c5c4)nc23)CC1. The monoisotopic (exact) mass is 484 g/mol. The van der Waals surface area contributed by atoms with Gasteiger partial charge in [-0.15, -0.1) is 0 Å². The van der Waals surface area contributed by atoms with Crippen molar-refractivity contribution in [3.63, 3.8) is 0 Å². The van der Waals surface area contributed by atoms with Crippen LogP contribution in [0.5, 0.6) is 0 Å². The number of rotatable bonds is 4. The summed E-state index contributed by atoms with van der Waals surface area (Å²) >= 11 is 0. The topological polar surface area (TPSA) is 99.4 Å². The molecule has 184 valence electrons. The number of nitrogens with one attached hydrogen (secondary N) is 1. The molecule has 10 heteroatoms. The number of anilines is 1. The van der Waals surface area contributed by atoms with Crippen molar-refractivity contribution in [3.05, 3.63) is 42.2 Å². The molecule has 0 atom stereocenters. The fourth-order valence-electron chi connectivity index (χ4n) is 5.07. The van der Waals surface area contributed by atoms with Gasteiger partial charge in [-0.3, -0.25) is 10.00 Å². The molecule has 2 saturated heterocycles. The average molecular weight is 485 g/mol. The van der Waals surface area contributed by atoms with Gasteiger partial charge in [0.05, 0.1) is 36.0 Å². The summed E-state index contributed by atoms with van der Waals surface area (Å²) in [7, 11) is 2.17. The number of hydrogen-bond donors (Lipinski definition) is 1. The molecule has 36 heavy (non-hydrogen) atoms. The molecule has 1 aromatic carbocycles. The normalized spacial score (nSPS) is 18.1. The molecule has 4 aromatic heterocycles. The molecule has 0 radical (unpaired) electrons. The van der Waals surface area contributed by atoms with E-state index in [1.165, 1.54) is 0 Å². The van der Waals surface area contributed by atoms with E-state index in [0.717, 1.165) is 84.7 Å². The Morgan fingerprint density at radius 1 is 0.944 bits per heavy atom. The van der Waals surface area contributed by atoms with Crippen molar-refractivity contribution < 1.29 is 9.15 Å². The van der Waals surface area contributed by atoms with E-state index < -0.39 is 0 Å². The first-order valence-electron chi connectivity index (χ1n) is 12.5. The summed E-state index contributed by atoms with van der Waals surface area (Å²) in [4.78, 5) is 21.9. The number of hydrogen-bond acceptors (Lipinski definition) is 9. The van der Waals surface area contributed by atoms with Gasteiger partial charge in [-0.1, -0.05) is 12.1 Å². The molecular formula is C26H28N8O2. The minimum Gasteiger partial charge on any atom is -0.432 e. The zero-order valence-electron chi connectivity index (χ0n) is 20.3. The molecular weight excluding hydrogens is 456 g/mol. The zero-order chi connectivity index (χ0) is 24.1. The van der Waals surface area contributed by atoms with Gasteiger partial charge < -0.3 is 19.0 Å². The lowest BCUT2D eigenvalue weighted by atomic mass is 10.1. The van der Waals surface area contributed by atoms with Crippen LogP contribution in [-0.2, 0) is 11.3 Å². The van der Waals surface area contributed by atoms with E-state index in [9.17, 15) is 0 Å². The Morgan fingerprint density at radius 2 is 1.81 bits per heavy atom. The second kappa shape index (κ2) is 8.81. The maximum atomic E-state index is 6.37. The van der Waals surface area contributed by atoms with E-state index >= 15 is 0 Å². The van der Waals surface area contributed by atoms with Crippen LogP contribution in [0.4, 0.5) is 5.82 Å². The molecule has 0 spiro atoms. The molecule has 0 unspecified atom stereocenters. The van der Waals surface area contributed by atoms with Gasteiger partial charge in [-0.05, 0) is 25.2 Å². The van der Waals surface area contributed by atoms with Crippen molar-refractivity contribution in [2.75, 3.05) is 64.4 Å². The van der Waals surface area contributed by atoms with E-state index in [4.69, 9.17) is 24.1 Å². The fourth-order valence-corrected chi connectivity index (χ4v) is 5.07. The molecule has 0 saturated carbocycles. The van der Waals surface area contributed by atoms with Crippen molar-refractivity contribution >= 4 is 38.9 Å². The molecule has 5 aromatic rings. The summed E-state index contributed by atoms with van der Waals surface area (Å²) < 4.78 is 12.0. The van der Waals surface area contributed by atoms with E-state index in [0.29, 0.717) is 30.3 Å². The summed E-state index contributed by atoms with van der Waals surface area (Å²) in [5.74, 6) is 1.45. The average Bonchev–Trinajstić information content (AvgIpc) is 3.53. The van der Waals surface area contributed by atoms with Crippen molar-refractivity contribution in [2.45, 2.75) is 6.54 Å². The third-order valence-electron chi connectivity index (χ3n) is 7.21. The second-order valence-corrected chi connectivity index (χ2v) is 9.66. The first kappa shape index (κ1) is 21.7. The van der Waals surface area contributed by atoms with Gasteiger partial charge in [0, 0.05) is 56.8 Å². The van der Waals surface area contributed by atoms with Crippen LogP contribution in [0, 0.1) is 0 Å². The predicted molar refractivity (Wildman–Crippen MR) is 138 cm³/mol. The van der Waals surface area contributed by atoms with E-state index in [1.54, 1.807) is 0 Å². The van der Waals surface area contributed by atoms with Crippen LogP contribution in [0.2, 0.25) is 0 Å². The number of ether oxygens (including phenoxy) is 1. The molecule has 1 N–H and O–H groups in total. The lowest BCUT2D eigenvalue weighted by Crippen LogP contribution is -2.43. The van der Waals surface area contributed by atoms with Crippen molar-refractivity contribution in [1.29, 1.82) is 0 Å². The van der Waals surface area contributed by atoms with E-state index in [-0.39, 0.29) is 0 Å². The number of aromatic amines is 1. The molecule has 2 aliphatic heterocycles. The largest absolute Gasteiger partial charge is 0.432 e. The summed E-state index contributed by atoms with van der Waals surface area (Å²) in [5.41, 5.74) is 4.98. The van der Waals surface area contributed by atoms with Crippen LogP contribution >= 0.6 is 0 Å². The molecule has 0 amide bonds. The number of nitrogens with zero attached hydrogens (tertiary/aromatic N) is 7. The number of aromatic nitrogens is 5. The highest BCUT2D eigenvalue weighted by Crippen LogP contribution is 2.35. The van der Waals surface area contributed by atoms with Gasteiger partial charge in [-0.2, -0.15) is 5.10 Å². The van der Waals surface area contributed by atoms with E-state index in [1.807, 2.05) is 24.4 Å². The lowest BCUT2D eigenvalue weighted by Gasteiger charge is -2.31. The second-order valence-electron chi connectivity index (χ2n) is 9.66. The molecule has 2 aliphatic rings. The number of fused-ring (bicyclic) bond motifs is 4. The highest BCUT2D eigenvalue weighted by atomic mass is 16.5. The smallest absolute Gasteiger partial charge is 0.229 e. The quantitative estimate of drug-likeness (QED) is 0.413. The molecule has 2 fully saturated rings. The number of likely N-dealkylation sites (N-methyl/N-ethyl adjacent to an activating group) is 1. The Hall–Kier alpha value is -3.60. The van der Waals surface area contributed by atoms with Crippen LogP contribution in [0.1, 0.15) is 5.69 Å². The molecule has 0 bridgehead atoms. The van der Waals surface area contributed by atoms with E-state index in [2.05, 4.69) is 44.1 Å². The molecule has 6 heterocycles. The number of furan rings is 1. The fraction of sp³-hybridized carbons (Fsp3) is 0.385. The highest BCUT2D eigenvalue weighted by Gasteiger charge is 2.24. The maximum absolute atomic E-state index is 6.37. The summed E-state index contributed by atoms with van der Waals surface area (Å²) in [6.07, 6.45) is 1.82. The van der Waals surface area contributed by atoms with Gasteiger partial charge in [0.2, 0.25) is 5.71 Å². The Balaban J connectivity index is 1.33. The number of H-pyrrole nitrogens is 1. The van der Waals surface area contributed by atoms with Crippen molar-refractivity contribution in [1.82, 2.24) is 34.9 Å². The van der Waals surface area contributed by atoms with Crippen molar-refractivity contribution in [3.8, 4) is 11.4 Å². The van der Waals surface area contributed by atoms with Crippen LogP contribution in [0.25, 0.3) is 44.5 Å². The Bertz CT molecular complexity index is 1550. The first-order valence-corrected chi connectivity index (χ1v) is 12.5. The van der Waals surface area contributed by atoms with Crippen molar-refractivity contribution in [2.24, 2.45) is 0 Å². The molecule has 0 aliphatic carbocycles. The van der Waals surface area contributed by atoms with Gasteiger partial charge >= 0.3 is 0 Å². The van der Waals surface area contributed by atoms with Gasteiger partial charge in [0.15, 0.2) is 17.2 Å². The van der Waals surface area contributed by atoms with Gasteiger partial charge in [-0.25, -0.2) is 15.0 Å². The van der Waals surface area contributed by atoms with Crippen LogP contribution in [0.15, 0.2) is 40.9 Å². The number of morpholine rings is 1. The third-order valence-corrected chi connectivity index (χ3v) is 7.21. The van der Waals surface area contributed by atoms with Crippen LogP contribution < -0.4 is 4.90 Å². The Morgan fingerprint density at radius 3 is 2.67 bits per heavy atom.